The Labute approximate surface area is 345 Å². The molecule has 0 amide bonds. The molecular formula is C51H59ClZr. The van der Waals surface area contributed by atoms with Crippen LogP contribution in [0.15, 0.2) is 103 Å². The largest absolute Gasteiger partial charge is 0.127 e. The van der Waals surface area contributed by atoms with Gasteiger partial charge in [0, 0.05) is 49.3 Å². The fourth-order valence-electron chi connectivity index (χ4n) is 9.34. The van der Waals surface area contributed by atoms with E-state index in [1.807, 2.05) is 0 Å². The van der Waals surface area contributed by atoms with Gasteiger partial charge in [0.1, 0.15) is 0 Å². The maximum absolute atomic E-state index is 7.22. The van der Waals surface area contributed by atoms with Gasteiger partial charge < -0.3 is 0 Å². The SMILES string of the molecule is CC(C)(C)c1ccc2c(c1)C(C(CCCl)(c1ccccc1)C1c3cc(C(C)(C)C)ccc3-c3ccc(C(C)(C)C)cc31)c1cc(C(C)(C)C)ccc1-2.[Zr]. The summed E-state index contributed by atoms with van der Waals surface area (Å²) in [4.78, 5) is 0. The third-order valence-electron chi connectivity index (χ3n) is 12.3. The van der Waals surface area contributed by atoms with E-state index in [0.717, 1.165) is 6.42 Å². The first-order valence-corrected chi connectivity index (χ1v) is 20.0. The minimum Gasteiger partial charge on any atom is -0.127 e. The summed E-state index contributed by atoms with van der Waals surface area (Å²) in [6, 6.07) is 40.9. The molecule has 0 aliphatic heterocycles. The van der Waals surface area contributed by atoms with Crippen molar-refractivity contribution in [3.05, 3.63) is 153 Å². The second kappa shape index (κ2) is 13.8. The summed E-state index contributed by atoms with van der Waals surface area (Å²) in [5, 5.41) is 0. The molecule has 0 radical (unpaired) electrons. The summed E-state index contributed by atoms with van der Waals surface area (Å²) in [6.07, 6.45) is 0.838. The van der Waals surface area contributed by atoms with Gasteiger partial charge in [-0.25, -0.2) is 0 Å². The number of halogens is 1. The topological polar surface area (TPSA) is 0 Å². The second-order valence-electron chi connectivity index (χ2n) is 19.9. The van der Waals surface area contributed by atoms with Crippen LogP contribution in [0.25, 0.3) is 22.3 Å². The van der Waals surface area contributed by atoms with Crippen molar-refractivity contribution in [1.29, 1.82) is 0 Å². The van der Waals surface area contributed by atoms with Crippen molar-refractivity contribution in [2.45, 2.75) is 128 Å². The van der Waals surface area contributed by atoms with Gasteiger partial charge in [-0.15, -0.1) is 11.6 Å². The Balaban J connectivity index is 0.00000481. The molecule has 0 aromatic heterocycles. The zero-order valence-corrected chi connectivity index (χ0v) is 37.5. The summed E-state index contributed by atoms with van der Waals surface area (Å²) in [7, 11) is 0. The van der Waals surface area contributed by atoms with Crippen LogP contribution in [-0.2, 0) is 53.3 Å². The number of fused-ring (bicyclic) bond motifs is 6. The van der Waals surface area contributed by atoms with E-state index in [1.54, 1.807) is 0 Å². The Morgan fingerprint density at radius 1 is 0.396 bits per heavy atom. The predicted molar refractivity (Wildman–Crippen MR) is 226 cm³/mol. The summed E-state index contributed by atoms with van der Waals surface area (Å²) < 4.78 is 0. The van der Waals surface area contributed by atoms with Crippen LogP contribution in [0.2, 0.25) is 0 Å². The van der Waals surface area contributed by atoms with Crippen molar-refractivity contribution in [2.24, 2.45) is 0 Å². The molecule has 0 fully saturated rings. The third kappa shape index (κ3) is 6.80. The number of benzene rings is 5. The van der Waals surface area contributed by atoms with Gasteiger partial charge in [-0.2, -0.15) is 0 Å². The maximum atomic E-state index is 7.22. The zero-order valence-electron chi connectivity index (χ0n) is 34.3. The molecule has 0 atom stereocenters. The molecule has 0 saturated carbocycles. The molecule has 0 saturated heterocycles. The number of hydrogen-bond donors (Lipinski definition) is 0. The van der Waals surface area contributed by atoms with E-state index in [4.69, 9.17) is 11.6 Å². The van der Waals surface area contributed by atoms with Gasteiger partial charge in [0.15, 0.2) is 0 Å². The number of hydrogen-bond acceptors (Lipinski definition) is 0. The minimum absolute atomic E-state index is 0. The summed E-state index contributed by atoms with van der Waals surface area (Å²) in [6.45, 7) is 28.1. The van der Waals surface area contributed by atoms with Crippen molar-refractivity contribution in [2.75, 3.05) is 5.88 Å². The van der Waals surface area contributed by atoms with Crippen molar-refractivity contribution in [3.63, 3.8) is 0 Å². The molecule has 5 aromatic carbocycles. The first-order valence-electron chi connectivity index (χ1n) is 19.5. The van der Waals surface area contributed by atoms with Crippen molar-refractivity contribution < 1.29 is 26.2 Å². The Morgan fingerprint density at radius 2 is 0.679 bits per heavy atom. The van der Waals surface area contributed by atoms with Crippen LogP contribution >= 0.6 is 11.6 Å². The molecule has 0 N–H and O–H groups in total. The van der Waals surface area contributed by atoms with E-state index in [0.29, 0.717) is 5.88 Å². The molecule has 0 nitrogen and oxygen atoms in total. The van der Waals surface area contributed by atoms with E-state index >= 15 is 0 Å². The van der Waals surface area contributed by atoms with Gasteiger partial charge in [-0.05, 0) is 100 Å². The zero-order chi connectivity index (χ0) is 37.6. The van der Waals surface area contributed by atoms with Crippen molar-refractivity contribution >= 4 is 11.6 Å². The monoisotopic (exact) mass is 796 g/mol. The maximum Gasteiger partial charge on any atom is 0.0232 e. The minimum atomic E-state index is -0.386. The average Bonchev–Trinajstić information content (AvgIpc) is 3.58. The van der Waals surface area contributed by atoms with Gasteiger partial charge in [0.05, 0.1) is 0 Å². The first-order chi connectivity index (χ1) is 24.3. The molecule has 2 aliphatic carbocycles. The van der Waals surface area contributed by atoms with E-state index in [9.17, 15) is 0 Å². The Morgan fingerprint density at radius 3 is 0.925 bits per heavy atom. The van der Waals surface area contributed by atoms with Gasteiger partial charge >= 0.3 is 0 Å². The number of rotatable bonds is 5. The second-order valence-corrected chi connectivity index (χ2v) is 20.3. The summed E-state index contributed by atoms with van der Waals surface area (Å²) >= 11 is 7.22. The Bertz CT molecular complexity index is 1880. The molecular weight excluding hydrogens is 739 g/mol. The standard InChI is InChI=1S/C51H59Cl.Zr/c1-47(2,3)33-18-22-37-38-23-19-34(48(4,5)6)29-42(38)45(41(37)28-33)51(26-27-52,32-16-14-13-15-17-32)46-43-30-35(49(7,8)9)20-24-39(43)40-25-21-36(31-44(40)46)50(10,11)12;/h13-25,28-31,45-46H,26-27H2,1-12H3;. The molecule has 0 bridgehead atoms. The van der Waals surface area contributed by atoms with Gasteiger partial charge in [-0.3, -0.25) is 0 Å². The van der Waals surface area contributed by atoms with E-state index in [1.165, 1.54) is 72.3 Å². The van der Waals surface area contributed by atoms with E-state index in [2.05, 4.69) is 186 Å². The fourth-order valence-corrected chi connectivity index (χ4v) is 9.65. The Hall–Kier alpha value is -2.73. The molecule has 2 aliphatic rings. The van der Waals surface area contributed by atoms with E-state index in [-0.39, 0.29) is 65.1 Å². The third-order valence-corrected chi connectivity index (χ3v) is 12.5. The molecule has 5 aromatic rings. The van der Waals surface area contributed by atoms with Crippen molar-refractivity contribution in [1.82, 2.24) is 0 Å². The molecule has 2 heteroatoms. The van der Waals surface area contributed by atoms with Crippen molar-refractivity contribution in [3.8, 4) is 22.3 Å². The van der Waals surface area contributed by atoms with Crippen LogP contribution in [0.3, 0.4) is 0 Å². The predicted octanol–water partition coefficient (Wildman–Crippen LogP) is 14.4. The summed E-state index contributed by atoms with van der Waals surface area (Å²) in [5.74, 6) is 0.736. The van der Waals surface area contributed by atoms with Gasteiger partial charge in [-0.1, -0.05) is 186 Å². The van der Waals surface area contributed by atoms with Crippen LogP contribution in [0.5, 0.6) is 0 Å². The van der Waals surface area contributed by atoms with Crippen LogP contribution in [0.4, 0.5) is 0 Å². The smallest absolute Gasteiger partial charge is 0.0232 e. The molecule has 7 rings (SSSR count). The normalized spacial score (nSPS) is 14.7. The average molecular weight is 799 g/mol. The van der Waals surface area contributed by atoms with Crippen LogP contribution in [-0.4, -0.2) is 5.88 Å². The molecule has 53 heavy (non-hydrogen) atoms. The Kier molecular flexibility index (Phi) is 10.4. The molecule has 0 unspecified atom stereocenters. The fraction of sp³-hybridized carbons (Fsp3) is 0.412. The van der Waals surface area contributed by atoms with Crippen LogP contribution in [0.1, 0.15) is 151 Å². The first kappa shape index (κ1) is 40.0. The van der Waals surface area contributed by atoms with E-state index < -0.39 is 0 Å². The molecule has 0 heterocycles. The van der Waals surface area contributed by atoms with Gasteiger partial charge in [0.2, 0.25) is 0 Å². The van der Waals surface area contributed by atoms with Gasteiger partial charge in [0.25, 0.3) is 0 Å². The quantitative estimate of drug-likeness (QED) is 0.155. The number of alkyl halides is 1. The summed E-state index contributed by atoms with van der Waals surface area (Å²) in [5.41, 5.74) is 17.8. The van der Waals surface area contributed by atoms with Crippen LogP contribution < -0.4 is 0 Å². The van der Waals surface area contributed by atoms with Crippen LogP contribution in [0, 0.1) is 0 Å². The molecule has 0 spiro atoms. The molecule has 274 valence electrons.